The van der Waals surface area contributed by atoms with Gasteiger partial charge in [-0.25, -0.2) is 9.78 Å². The van der Waals surface area contributed by atoms with Crippen molar-refractivity contribution in [3.63, 3.8) is 0 Å². The van der Waals surface area contributed by atoms with Gasteiger partial charge >= 0.3 is 5.97 Å². The number of aromatic nitrogens is 1. The fourth-order valence-corrected chi connectivity index (χ4v) is 1.62. The van der Waals surface area contributed by atoms with Gasteiger partial charge in [-0.1, -0.05) is 22.9 Å². The van der Waals surface area contributed by atoms with Crippen molar-refractivity contribution in [3.05, 3.63) is 15.0 Å². The Morgan fingerprint density at radius 3 is 3.00 bits per heavy atom. The van der Waals surface area contributed by atoms with Gasteiger partial charge in [-0.2, -0.15) is 0 Å². The molecular weight excluding hydrogens is 217 g/mol. The summed E-state index contributed by atoms with van der Waals surface area (Å²) in [5, 5.41) is 0.353. The minimum absolute atomic E-state index is 0.238. The molecule has 0 bridgehead atoms. The Kier molecular flexibility index (Phi) is 3.23. The van der Waals surface area contributed by atoms with E-state index in [9.17, 15) is 9.32 Å². The third-order valence-electron chi connectivity index (χ3n) is 1.17. The van der Waals surface area contributed by atoms with Crippen LogP contribution in [-0.4, -0.2) is 11.0 Å². The normalized spacial score (nSPS) is 9.31. The van der Waals surface area contributed by atoms with E-state index in [-0.39, 0.29) is 16.5 Å². The summed E-state index contributed by atoms with van der Waals surface area (Å²) in [6, 6.07) is 0. The predicted octanol–water partition coefficient (Wildman–Crippen LogP) is 1.75. The molecule has 0 aliphatic heterocycles. The van der Waals surface area contributed by atoms with Crippen molar-refractivity contribution < 1.29 is 14.3 Å². The minimum Gasteiger partial charge on any atom is -0.254 e. The molecule has 0 N–H and O–H groups in total. The van der Waals surface area contributed by atoms with Gasteiger partial charge in [0.1, 0.15) is 4.34 Å². The quantitative estimate of drug-likeness (QED) is 0.712. The standard InChI is InChI=1S/C7H3ClFNO2S/c1-2-5-10-4(7(8)13-5)3-6(11)12-9/h1H,3H2. The van der Waals surface area contributed by atoms with E-state index in [1.165, 1.54) is 0 Å². The molecule has 13 heavy (non-hydrogen) atoms. The number of hydrogen-bond donors (Lipinski definition) is 0. The zero-order valence-corrected chi connectivity index (χ0v) is 7.78. The number of nitrogens with zero attached hydrogens (tertiary/aromatic N) is 1. The first-order valence-corrected chi connectivity index (χ1v) is 4.30. The van der Waals surface area contributed by atoms with Crippen molar-refractivity contribution in [2.75, 3.05) is 0 Å². The van der Waals surface area contributed by atoms with Crippen LogP contribution in [0.5, 0.6) is 0 Å². The van der Waals surface area contributed by atoms with Gasteiger partial charge in [-0.3, -0.25) is 4.94 Å². The van der Waals surface area contributed by atoms with E-state index in [1.807, 2.05) is 0 Å². The Bertz CT molecular complexity index is 371. The summed E-state index contributed by atoms with van der Waals surface area (Å²) in [6.07, 6.45) is 4.73. The molecule has 0 aliphatic carbocycles. The Morgan fingerprint density at radius 2 is 2.54 bits per heavy atom. The monoisotopic (exact) mass is 219 g/mol. The van der Waals surface area contributed by atoms with Gasteiger partial charge in [0.05, 0.1) is 12.1 Å². The third-order valence-corrected chi connectivity index (χ3v) is 2.44. The SMILES string of the molecule is C#Cc1nc(CC(=O)OF)c(Cl)s1. The summed E-state index contributed by atoms with van der Waals surface area (Å²) in [6.45, 7) is 0. The van der Waals surface area contributed by atoms with E-state index in [1.54, 1.807) is 0 Å². The molecule has 0 saturated heterocycles. The largest absolute Gasteiger partial charge is 0.354 e. The summed E-state index contributed by atoms with van der Waals surface area (Å²) in [5.74, 6) is 1.21. The maximum atomic E-state index is 11.3. The van der Waals surface area contributed by atoms with Crippen LogP contribution in [0.2, 0.25) is 4.34 Å². The molecule has 0 unspecified atom stereocenters. The zero-order valence-electron chi connectivity index (χ0n) is 6.21. The molecule has 1 aromatic rings. The van der Waals surface area contributed by atoms with Crippen LogP contribution in [-0.2, 0) is 16.2 Å². The second-order valence-corrected chi connectivity index (χ2v) is 3.61. The Hall–Kier alpha value is -1.12. The van der Waals surface area contributed by atoms with E-state index in [4.69, 9.17) is 18.0 Å². The molecule has 0 spiro atoms. The highest BCUT2D eigenvalue weighted by atomic mass is 35.5. The minimum atomic E-state index is -1.05. The Labute approximate surface area is 82.4 Å². The molecule has 1 rings (SSSR count). The molecule has 0 aromatic carbocycles. The fourth-order valence-electron chi connectivity index (χ4n) is 0.668. The molecule has 0 fully saturated rings. The molecule has 3 nitrogen and oxygen atoms in total. The second kappa shape index (κ2) is 4.21. The van der Waals surface area contributed by atoms with Gasteiger partial charge in [0, 0.05) is 4.53 Å². The first kappa shape index (κ1) is 9.96. The first-order chi connectivity index (χ1) is 6.17. The van der Waals surface area contributed by atoms with Crippen LogP contribution in [0.3, 0.4) is 0 Å². The molecule has 1 heterocycles. The maximum Gasteiger partial charge on any atom is 0.354 e. The number of carbonyl (C=O) groups excluding carboxylic acids is 1. The number of thiazole rings is 1. The molecule has 68 valence electrons. The summed E-state index contributed by atoms with van der Waals surface area (Å²) in [7, 11) is 0. The van der Waals surface area contributed by atoms with Crippen LogP contribution in [0.1, 0.15) is 10.7 Å². The summed E-state index contributed by atoms with van der Waals surface area (Å²) in [4.78, 5) is 17.3. The molecule has 0 amide bonds. The van der Waals surface area contributed by atoms with Gasteiger partial charge in [-0.05, 0) is 5.92 Å². The van der Waals surface area contributed by atoms with E-state index in [2.05, 4.69) is 15.8 Å². The zero-order chi connectivity index (χ0) is 9.84. The van der Waals surface area contributed by atoms with Gasteiger partial charge in [0.15, 0.2) is 5.01 Å². The lowest BCUT2D eigenvalue weighted by molar-refractivity contribution is -0.182. The number of halogens is 2. The third kappa shape index (κ3) is 2.41. The van der Waals surface area contributed by atoms with Crippen LogP contribution in [0.25, 0.3) is 0 Å². The molecule has 0 aliphatic rings. The van der Waals surface area contributed by atoms with Gasteiger partial charge in [-0.15, -0.1) is 6.42 Å². The van der Waals surface area contributed by atoms with Crippen molar-refractivity contribution in [2.45, 2.75) is 6.42 Å². The lowest BCUT2D eigenvalue weighted by atomic mass is 10.3. The maximum absolute atomic E-state index is 11.3. The van der Waals surface area contributed by atoms with Gasteiger partial charge < -0.3 is 0 Å². The highest BCUT2D eigenvalue weighted by Gasteiger charge is 2.13. The van der Waals surface area contributed by atoms with E-state index >= 15 is 0 Å². The van der Waals surface area contributed by atoms with E-state index < -0.39 is 5.97 Å². The van der Waals surface area contributed by atoms with Crippen molar-refractivity contribution in [3.8, 4) is 12.3 Å². The molecule has 1 aromatic heterocycles. The Balaban J connectivity index is 2.84. The van der Waals surface area contributed by atoms with E-state index in [0.29, 0.717) is 5.01 Å². The Morgan fingerprint density at radius 1 is 1.85 bits per heavy atom. The highest BCUT2D eigenvalue weighted by molar-refractivity contribution is 7.16. The van der Waals surface area contributed by atoms with Crippen molar-refractivity contribution in [2.24, 2.45) is 0 Å². The predicted molar refractivity (Wildman–Crippen MR) is 46.0 cm³/mol. The fraction of sp³-hybridized carbons (Fsp3) is 0.143. The van der Waals surface area contributed by atoms with Crippen molar-refractivity contribution in [1.82, 2.24) is 4.98 Å². The second-order valence-electron chi connectivity index (χ2n) is 2.01. The number of terminal acetylenes is 1. The van der Waals surface area contributed by atoms with Crippen LogP contribution in [0.4, 0.5) is 4.53 Å². The molecule has 6 heteroatoms. The summed E-state index contributed by atoms with van der Waals surface area (Å²) >= 11 is 6.71. The molecule has 0 radical (unpaired) electrons. The molecule has 0 atom stereocenters. The topological polar surface area (TPSA) is 39.2 Å². The number of rotatable bonds is 2. The van der Waals surface area contributed by atoms with Gasteiger partial charge in [0.25, 0.3) is 0 Å². The van der Waals surface area contributed by atoms with Crippen molar-refractivity contribution >= 4 is 28.9 Å². The average molecular weight is 220 g/mol. The summed E-state index contributed by atoms with van der Waals surface area (Å²) in [5.41, 5.74) is 0.238. The van der Waals surface area contributed by atoms with Crippen LogP contribution >= 0.6 is 22.9 Å². The lowest BCUT2D eigenvalue weighted by Gasteiger charge is -1.90. The van der Waals surface area contributed by atoms with Crippen LogP contribution in [0.15, 0.2) is 0 Å². The number of hydrogen-bond acceptors (Lipinski definition) is 4. The summed E-state index contributed by atoms with van der Waals surface area (Å²) < 4.78 is 11.6. The highest BCUT2D eigenvalue weighted by Crippen LogP contribution is 2.24. The number of carbonyl (C=O) groups is 1. The smallest absolute Gasteiger partial charge is 0.254 e. The van der Waals surface area contributed by atoms with E-state index in [0.717, 1.165) is 11.3 Å². The molecular formula is C7H3ClFNO2S. The van der Waals surface area contributed by atoms with Crippen LogP contribution < -0.4 is 0 Å². The van der Waals surface area contributed by atoms with Crippen LogP contribution in [0, 0.1) is 12.3 Å². The first-order valence-electron chi connectivity index (χ1n) is 3.10. The van der Waals surface area contributed by atoms with Gasteiger partial charge in [0.2, 0.25) is 0 Å². The average Bonchev–Trinajstić information content (AvgIpc) is 2.47. The van der Waals surface area contributed by atoms with Crippen molar-refractivity contribution in [1.29, 1.82) is 0 Å². The molecule has 0 saturated carbocycles. The lowest BCUT2D eigenvalue weighted by Crippen LogP contribution is -2.02.